The predicted molar refractivity (Wildman–Crippen MR) is 98.3 cm³/mol. The maximum absolute atomic E-state index is 12.7. The highest BCUT2D eigenvalue weighted by atomic mass is 16.6. The van der Waals surface area contributed by atoms with Crippen molar-refractivity contribution in [3.05, 3.63) is 0 Å². The number of rotatable bonds is 4. The van der Waals surface area contributed by atoms with Gasteiger partial charge in [0.1, 0.15) is 11.6 Å². The van der Waals surface area contributed by atoms with Gasteiger partial charge in [0.05, 0.1) is 6.61 Å². The number of hydrogen-bond acceptors (Lipinski definition) is 5. The van der Waals surface area contributed by atoms with Crippen LogP contribution in [0.2, 0.25) is 0 Å². The van der Waals surface area contributed by atoms with Gasteiger partial charge in [0, 0.05) is 11.8 Å². The Hall–Kier alpha value is -2.03. The molecule has 1 fully saturated rings. The molecule has 0 spiro atoms. The van der Waals surface area contributed by atoms with Gasteiger partial charge in [0.2, 0.25) is 0 Å². The van der Waals surface area contributed by atoms with E-state index in [1.165, 1.54) is 0 Å². The third kappa shape index (κ3) is 5.76. The Morgan fingerprint density at radius 3 is 2.27 bits per heavy atom. The maximum Gasteiger partial charge on any atom is 0.408 e. The number of alkyl carbamates (subject to hydrolysis) is 1. The fourth-order valence-corrected chi connectivity index (χ4v) is 2.79. The lowest BCUT2D eigenvalue weighted by Crippen LogP contribution is -2.55. The second-order valence-corrected chi connectivity index (χ2v) is 8.57. The van der Waals surface area contributed by atoms with Gasteiger partial charge in [-0.05, 0) is 61.3 Å². The zero-order chi connectivity index (χ0) is 20.2. The number of carbonyl (C=O) groups excluding carboxylic acids is 3. The van der Waals surface area contributed by atoms with Gasteiger partial charge >= 0.3 is 12.1 Å². The number of ether oxygens (including phenoxy) is 2. The Kier molecular flexibility index (Phi) is 6.87. The second kappa shape index (κ2) is 8.11. The van der Waals surface area contributed by atoms with Gasteiger partial charge in [-0.2, -0.15) is 0 Å². The third-order valence-electron chi connectivity index (χ3n) is 3.86. The summed E-state index contributed by atoms with van der Waals surface area (Å²) in [5.74, 6) is 5.09. The van der Waals surface area contributed by atoms with E-state index in [1.54, 1.807) is 27.7 Å². The number of hydrogen-bond donors (Lipinski definition) is 1. The van der Waals surface area contributed by atoms with Crippen molar-refractivity contribution < 1.29 is 23.9 Å². The molecule has 1 aliphatic carbocycles. The highest BCUT2D eigenvalue weighted by molar-refractivity contribution is 6.07. The van der Waals surface area contributed by atoms with Crippen LogP contribution in [0.15, 0.2) is 0 Å². The number of esters is 1. The lowest BCUT2D eigenvalue weighted by atomic mass is 9.77. The van der Waals surface area contributed by atoms with Crippen molar-refractivity contribution in [1.82, 2.24) is 5.32 Å². The van der Waals surface area contributed by atoms with Crippen LogP contribution in [-0.2, 0) is 19.1 Å². The predicted octanol–water partition coefficient (Wildman–Crippen LogP) is 3.23. The Morgan fingerprint density at radius 2 is 1.85 bits per heavy atom. The largest absolute Gasteiger partial charge is 0.465 e. The summed E-state index contributed by atoms with van der Waals surface area (Å²) >= 11 is 0. The first-order valence-electron chi connectivity index (χ1n) is 9.04. The van der Waals surface area contributed by atoms with Gasteiger partial charge in [-0.3, -0.25) is 9.59 Å². The lowest BCUT2D eigenvalue weighted by Gasteiger charge is -2.32. The molecule has 1 aliphatic rings. The molecular formula is C20H31NO5. The normalized spacial score (nSPS) is 21.4. The van der Waals surface area contributed by atoms with Crippen LogP contribution in [0.4, 0.5) is 4.79 Å². The van der Waals surface area contributed by atoms with E-state index in [0.29, 0.717) is 12.8 Å². The first-order valence-corrected chi connectivity index (χ1v) is 9.04. The Bertz CT molecular complexity index is 615. The number of ketones is 1. The average molecular weight is 365 g/mol. The molecule has 0 radical (unpaired) electrons. The summed E-state index contributed by atoms with van der Waals surface area (Å²) in [4.78, 5) is 37.7. The van der Waals surface area contributed by atoms with Crippen molar-refractivity contribution in [1.29, 1.82) is 0 Å². The minimum Gasteiger partial charge on any atom is -0.465 e. The summed E-state index contributed by atoms with van der Waals surface area (Å²) in [6.45, 7) is 12.8. The van der Waals surface area contributed by atoms with Crippen LogP contribution in [-0.4, -0.2) is 36.1 Å². The van der Waals surface area contributed by atoms with Crippen molar-refractivity contribution >= 4 is 17.8 Å². The molecular weight excluding hydrogens is 334 g/mol. The molecule has 26 heavy (non-hydrogen) atoms. The van der Waals surface area contributed by atoms with E-state index in [9.17, 15) is 14.4 Å². The topological polar surface area (TPSA) is 81.7 Å². The van der Waals surface area contributed by atoms with Gasteiger partial charge in [0.25, 0.3) is 0 Å². The van der Waals surface area contributed by atoms with Crippen LogP contribution in [0.1, 0.15) is 67.7 Å². The third-order valence-corrected chi connectivity index (χ3v) is 3.86. The van der Waals surface area contributed by atoms with Crippen molar-refractivity contribution in [2.24, 2.45) is 10.8 Å². The Labute approximate surface area is 156 Å². The molecule has 1 saturated carbocycles. The molecule has 0 unspecified atom stereocenters. The fraction of sp³-hybridized carbons (Fsp3) is 0.750. The van der Waals surface area contributed by atoms with E-state index in [1.807, 2.05) is 20.8 Å². The molecule has 1 amide bonds. The average Bonchev–Trinajstić information content (AvgIpc) is 2.83. The van der Waals surface area contributed by atoms with Crippen LogP contribution >= 0.6 is 0 Å². The fourth-order valence-electron chi connectivity index (χ4n) is 2.79. The van der Waals surface area contributed by atoms with Crippen molar-refractivity contribution in [3.8, 4) is 11.8 Å². The standard InChI is InChI=1S/C20H31NO5/c1-8-25-16(23)20(12-9-10-15(20)22)14(11-13-18(2,3)4)21-17(24)26-19(5,6)7/h14H,8-10,12H2,1-7H3,(H,21,24)/t14-,20-/m0/s1. The molecule has 146 valence electrons. The molecule has 1 rings (SSSR count). The number of carbonyl (C=O) groups is 3. The molecule has 0 aromatic rings. The zero-order valence-electron chi connectivity index (χ0n) is 16.9. The number of nitrogens with one attached hydrogen (secondary N) is 1. The molecule has 0 aromatic carbocycles. The molecule has 0 bridgehead atoms. The minimum atomic E-state index is -1.48. The molecule has 0 aliphatic heterocycles. The van der Waals surface area contributed by atoms with Gasteiger partial charge in [0.15, 0.2) is 11.2 Å². The number of amides is 1. The summed E-state index contributed by atoms with van der Waals surface area (Å²) < 4.78 is 10.5. The van der Waals surface area contributed by atoms with Crippen LogP contribution in [0.5, 0.6) is 0 Å². The zero-order valence-corrected chi connectivity index (χ0v) is 16.9. The molecule has 0 aromatic heterocycles. The summed E-state index contributed by atoms with van der Waals surface area (Å²) in [6, 6.07) is -0.995. The molecule has 6 heteroatoms. The Morgan fingerprint density at radius 1 is 1.23 bits per heavy atom. The van der Waals surface area contributed by atoms with Crippen molar-refractivity contribution in [2.45, 2.75) is 79.4 Å². The van der Waals surface area contributed by atoms with Gasteiger partial charge in [-0.25, -0.2) is 4.79 Å². The smallest absolute Gasteiger partial charge is 0.408 e. The Balaban J connectivity index is 3.30. The van der Waals surface area contributed by atoms with Gasteiger partial charge < -0.3 is 14.8 Å². The van der Waals surface area contributed by atoms with E-state index in [0.717, 1.165) is 0 Å². The van der Waals surface area contributed by atoms with E-state index < -0.39 is 29.1 Å². The van der Waals surface area contributed by atoms with E-state index >= 15 is 0 Å². The maximum atomic E-state index is 12.7. The summed E-state index contributed by atoms with van der Waals surface area (Å²) in [6.07, 6.45) is 0.405. The van der Waals surface area contributed by atoms with Crippen LogP contribution in [0.3, 0.4) is 0 Å². The molecule has 6 nitrogen and oxygen atoms in total. The van der Waals surface area contributed by atoms with Gasteiger partial charge in [-0.1, -0.05) is 11.8 Å². The second-order valence-electron chi connectivity index (χ2n) is 8.57. The monoisotopic (exact) mass is 365 g/mol. The molecule has 0 saturated heterocycles. The lowest BCUT2D eigenvalue weighted by molar-refractivity contribution is -0.159. The quantitative estimate of drug-likeness (QED) is 0.470. The van der Waals surface area contributed by atoms with Gasteiger partial charge in [-0.15, -0.1) is 0 Å². The first kappa shape index (κ1) is 22.0. The highest BCUT2D eigenvalue weighted by Crippen LogP contribution is 2.39. The molecule has 0 heterocycles. The SMILES string of the molecule is CCOC(=O)[C@]1([C@H](C#CC(C)(C)C)NC(=O)OC(C)(C)C)CCCC1=O. The van der Waals surface area contributed by atoms with E-state index in [2.05, 4.69) is 17.2 Å². The summed E-state index contributed by atoms with van der Waals surface area (Å²) in [5.41, 5.74) is -2.54. The summed E-state index contributed by atoms with van der Waals surface area (Å²) in [5, 5.41) is 2.64. The number of Topliss-reactive ketones (excluding diaryl/α,β-unsaturated/α-hetero) is 1. The van der Waals surface area contributed by atoms with E-state index in [-0.39, 0.29) is 24.2 Å². The highest BCUT2D eigenvalue weighted by Gasteiger charge is 2.56. The van der Waals surface area contributed by atoms with Crippen LogP contribution in [0.25, 0.3) is 0 Å². The van der Waals surface area contributed by atoms with Crippen LogP contribution in [0, 0.1) is 22.7 Å². The van der Waals surface area contributed by atoms with E-state index in [4.69, 9.17) is 9.47 Å². The van der Waals surface area contributed by atoms with Crippen molar-refractivity contribution in [3.63, 3.8) is 0 Å². The first-order chi connectivity index (χ1) is 11.8. The summed E-state index contributed by atoms with van der Waals surface area (Å²) in [7, 11) is 0. The molecule has 1 N–H and O–H groups in total. The van der Waals surface area contributed by atoms with Crippen LogP contribution < -0.4 is 5.32 Å². The minimum absolute atomic E-state index is 0.153. The van der Waals surface area contributed by atoms with Crippen molar-refractivity contribution in [2.75, 3.05) is 6.61 Å². The molecule has 2 atom stereocenters.